The van der Waals surface area contributed by atoms with E-state index in [9.17, 15) is 0 Å². The van der Waals surface area contributed by atoms with Gasteiger partial charge < -0.3 is 10.1 Å². The Kier molecular flexibility index (Phi) is 4.88. The number of ether oxygens (including phenoxy) is 1. The van der Waals surface area contributed by atoms with Crippen molar-refractivity contribution in [3.63, 3.8) is 0 Å². The van der Waals surface area contributed by atoms with E-state index in [1.165, 1.54) is 6.33 Å². The topological polar surface area (TPSA) is 64.9 Å². The molecular formula is C16H18BrN5O. The van der Waals surface area contributed by atoms with Gasteiger partial charge in [0.2, 0.25) is 0 Å². The lowest BCUT2D eigenvalue weighted by Crippen LogP contribution is -2.16. The van der Waals surface area contributed by atoms with E-state index in [0.29, 0.717) is 13.2 Å². The van der Waals surface area contributed by atoms with Crippen molar-refractivity contribution >= 4 is 32.8 Å². The molecule has 1 N–H and O–H groups in total. The third-order valence-corrected chi connectivity index (χ3v) is 4.13. The largest absolute Gasteiger partial charge is 0.372 e. The first-order valence-electron chi connectivity index (χ1n) is 7.44. The van der Waals surface area contributed by atoms with Crippen LogP contribution in [0, 0.1) is 0 Å². The monoisotopic (exact) mass is 375 g/mol. The van der Waals surface area contributed by atoms with Gasteiger partial charge in [-0.15, -0.1) is 0 Å². The zero-order valence-corrected chi connectivity index (χ0v) is 14.6. The van der Waals surface area contributed by atoms with E-state index >= 15 is 0 Å². The average Bonchev–Trinajstić information content (AvgIpc) is 2.87. The maximum atomic E-state index is 5.86. The van der Waals surface area contributed by atoms with Gasteiger partial charge in [0.15, 0.2) is 5.65 Å². The van der Waals surface area contributed by atoms with Crippen LogP contribution in [0.25, 0.3) is 11.0 Å². The molecule has 0 amide bonds. The summed E-state index contributed by atoms with van der Waals surface area (Å²) in [6.07, 6.45) is 1.50. The molecule has 7 heteroatoms. The van der Waals surface area contributed by atoms with Crippen LogP contribution in [0.1, 0.15) is 18.6 Å². The number of hydrogen-bond donors (Lipinski definition) is 1. The Balaban J connectivity index is 1.84. The van der Waals surface area contributed by atoms with E-state index in [2.05, 4.69) is 48.4 Å². The van der Waals surface area contributed by atoms with Gasteiger partial charge in [-0.05, 0) is 28.4 Å². The quantitative estimate of drug-likeness (QED) is 0.715. The number of anilines is 1. The first-order chi connectivity index (χ1) is 11.2. The summed E-state index contributed by atoms with van der Waals surface area (Å²) in [6, 6.07) is 10.2. The normalized spacial score (nSPS) is 12.5. The minimum Gasteiger partial charge on any atom is -0.372 e. The molecule has 0 aliphatic heterocycles. The van der Waals surface area contributed by atoms with E-state index < -0.39 is 0 Å². The van der Waals surface area contributed by atoms with Crippen LogP contribution in [0.5, 0.6) is 0 Å². The van der Waals surface area contributed by atoms with Crippen LogP contribution in [0.4, 0.5) is 5.82 Å². The van der Waals surface area contributed by atoms with Crippen molar-refractivity contribution in [1.82, 2.24) is 19.7 Å². The highest BCUT2D eigenvalue weighted by Gasteiger charge is 2.16. The summed E-state index contributed by atoms with van der Waals surface area (Å²) < 4.78 is 8.31. The minimum atomic E-state index is -0.0401. The molecule has 2 heterocycles. The van der Waals surface area contributed by atoms with Crippen molar-refractivity contribution in [2.75, 3.05) is 18.5 Å². The van der Waals surface area contributed by atoms with Crippen molar-refractivity contribution in [3.8, 4) is 0 Å². The molecule has 0 spiro atoms. The molecule has 0 bridgehead atoms. The number of benzene rings is 1. The zero-order chi connectivity index (χ0) is 16.2. The number of nitrogens with zero attached hydrogens (tertiary/aromatic N) is 4. The number of fused-ring (bicyclic) bond motifs is 1. The highest BCUT2D eigenvalue weighted by molar-refractivity contribution is 9.10. The van der Waals surface area contributed by atoms with Gasteiger partial charge in [0.05, 0.1) is 11.5 Å². The molecule has 3 aromatic rings. The molecule has 1 unspecified atom stereocenters. The van der Waals surface area contributed by atoms with E-state index in [1.54, 1.807) is 4.68 Å². The molecule has 3 rings (SSSR count). The summed E-state index contributed by atoms with van der Waals surface area (Å²) in [6.45, 7) is 3.26. The second-order valence-electron chi connectivity index (χ2n) is 5.07. The number of aryl methyl sites for hydroxylation is 1. The third kappa shape index (κ3) is 3.35. The second kappa shape index (κ2) is 7.06. The Morgan fingerprint density at radius 2 is 2.04 bits per heavy atom. The third-order valence-electron chi connectivity index (χ3n) is 3.57. The molecule has 1 aromatic carbocycles. The summed E-state index contributed by atoms with van der Waals surface area (Å²) in [5.41, 5.74) is 1.92. The first-order valence-corrected chi connectivity index (χ1v) is 8.23. The average molecular weight is 376 g/mol. The van der Waals surface area contributed by atoms with Crippen LogP contribution in [0.15, 0.2) is 41.3 Å². The predicted molar refractivity (Wildman–Crippen MR) is 93.3 cm³/mol. The van der Waals surface area contributed by atoms with Crippen molar-refractivity contribution in [1.29, 1.82) is 0 Å². The van der Waals surface area contributed by atoms with E-state index in [4.69, 9.17) is 4.74 Å². The summed E-state index contributed by atoms with van der Waals surface area (Å²) in [5, 5.41) is 8.57. The maximum Gasteiger partial charge on any atom is 0.164 e. The molecule has 6 nitrogen and oxygen atoms in total. The van der Waals surface area contributed by atoms with Gasteiger partial charge in [-0.1, -0.05) is 30.3 Å². The van der Waals surface area contributed by atoms with Crippen molar-refractivity contribution in [2.24, 2.45) is 7.05 Å². The van der Waals surface area contributed by atoms with Gasteiger partial charge in [0.25, 0.3) is 0 Å². The summed E-state index contributed by atoms with van der Waals surface area (Å²) in [5.74, 6) is 0.746. The molecule has 0 aliphatic carbocycles. The Morgan fingerprint density at radius 3 is 2.78 bits per heavy atom. The molecule has 23 heavy (non-hydrogen) atoms. The first kappa shape index (κ1) is 15.9. The van der Waals surface area contributed by atoms with Crippen LogP contribution < -0.4 is 5.32 Å². The number of aromatic nitrogens is 4. The second-order valence-corrected chi connectivity index (χ2v) is 5.82. The lowest BCUT2D eigenvalue weighted by atomic mass is 10.1. The Labute approximate surface area is 143 Å². The fourth-order valence-electron chi connectivity index (χ4n) is 2.51. The number of nitrogens with one attached hydrogen (secondary N) is 1. The molecule has 2 aromatic heterocycles. The molecule has 0 fully saturated rings. The molecule has 120 valence electrons. The summed E-state index contributed by atoms with van der Waals surface area (Å²) >= 11 is 3.47. The lowest BCUT2D eigenvalue weighted by molar-refractivity contribution is 0.0718. The smallest absolute Gasteiger partial charge is 0.164 e. The summed E-state index contributed by atoms with van der Waals surface area (Å²) in [4.78, 5) is 8.62. The SMILES string of the molecule is CCOC(CNc1ncnc2c1c(Br)nn2C)c1ccccc1. The van der Waals surface area contributed by atoms with E-state index in [-0.39, 0.29) is 6.10 Å². The predicted octanol–water partition coefficient (Wildman–Crippen LogP) is 3.32. The van der Waals surface area contributed by atoms with Crippen molar-refractivity contribution in [2.45, 2.75) is 13.0 Å². The molecule has 0 radical (unpaired) electrons. The minimum absolute atomic E-state index is 0.0401. The van der Waals surface area contributed by atoms with Crippen LogP contribution in [0.3, 0.4) is 0 Å². The van der Waals surface area contributed by atoms with Crippen molar-refractivity contribution in [3.05, 3.63) is 46.8 Å². The molecule has 0 aliphatic rings. The molecule has 0 saturated carbocycles. The van der Waals surface area contributed by atoms with Crippen LogP contribution in [-0.2, 0) is 11.8 Å². The highest BCUT2D eigenvalue weighted by Crippen LogP contribution is 2.27. The van der Waals surface area contributed by atoms with Crippen LogP contribution >= 0.6 is 15.9 Å². The van der Waals surface area contributed by atoms with Crippen molar-refractivity contribution < 1.29 is 4.74 Å². The Hall–Kier alpha value is -1.99. The van der Waals surface area contributed by atoms with E-state index in [0.717, 1.165) is 27.0 Å². The number of hydrogen-bond acceptors (Lipinski definition) is 5. The standard InChI is InChI=1S/C16H18BrN5O/c1-3-23-12(11-7-5-4-6-8-11)9-18-15-13-14(17)21-22(2)16(13)20-10-19-15/h4-8,10,12H,3,9H2,1-2H3,(H,18,19,20). The number of halogens is 1. The van der Waals surface area contributed by atoms with Gasteiger partial charge in [-0.3, -0.25) is 0 Å². The van der Waals surface area contributed by atoms with Crippen LogP contribution in [-0.4, -0.2) is 32.9 Å². The van der Waals surface area contributed by atoms with Gasteiger partial charge in [0.1, 0.15) is 16.7 Å². The molecular weight excluding hydrogens is 358 g/mol. The van der Waals surface area contributed by atoms with Gasteiger partial charge in [-0.25, -0.2) is 14.6 Å². The van der Waals surface area contributed by atoms with Gasteiger partial charge in [-0.2, -0.15) is 5.10 Å². The fraction of sp³-hybridized carbons (Fsp3) is 0.312. The lowest BCUT2D eigenvalue weighted by Gasteiger charge is -2.18. The molecule has 0 saturated heterocycles. The maximum absolute atomic E-state index is 5.86. The van der Waals surface area contributed by atoms with E-state index in [1.807, 2.05) is 32.2 Å². The van der Waals surface area contributed by atoms with Gasteiger partial charge >= 0.3 is 0 Å². The molecule has 1 atom stereocenters. The zero-order valence-electron chi connectivity index (χ0n) is 13.0. The Morgan fingerprint density at radius 1 is 1.26 bits per heavy atom. The highest BCUT2D eigenvalue weighted by atomic mass is 79.9. The number of rotatable bonds is 6. The Bertz CT molecular complexity index is 790. The fourth-order valence-corrected chi connectivity index (χ4v) is 3.11. The van der Waals surface area contributed by atoms with Gasteiger partial charge in [0, 0.05) is 20.2 Å². The summed E-state index contributed by atoms with van der Waals surface area (Å²) in [7, 11) is 1.86. The van der Waals surface area contributed by atoms with Crippen LogP contribution in [0.2, 0.25) is 0 Å².